The van der Waals surface area contributed by atoms with Crippen LogP contribution in [0.2, 0.25) is 0 Å². The molecular formula is C20H25N3O2. The Morgan fingerprint density at radius 2 is 2.08 bits per heavy atom. The zero-order valence-corrected chi connectivity index (χ0v) is 15.0. The lowest BCUT2D eigenvalue weighted by atomic mass is 10.1. The first kappa shape index (κ1) is 17.1. The van der Waals surface area contributed by atoms with Crippen molar-refractivity contribution in [1.82, 2.24) is 0 Å². The molecule has 1 aliphatic heterocycles. The minimum Gasteiger partial charge on any atom is -0.486 e. The Balaban J connectivity index is 1.77. The molecule has 1 aliphatic rings. The summed E-state index contributed by atoms with van der Waals surface area (Å²) in [6, 6.07) is 11.6. The lowest BCUT2D eigenvalue weighted by Gasteiger charge is -2.35. The van der Waals surface area contributed by atoms with Gasteiger partial charge in [-0.05, 0) is 49.6 Å². The van der Waals surface area contributed by atoms with Gasteiger partial charge >= 0.3 is 0 Å². The molecule has 5 nitrogen and oxygen atoms in total. The molecule has 0 spiro atoms. The van der Waals surface area contributed by atoms with E-state index in [9.17, 15) is 4.79 Å². The number of hydrogen-bond acceptors (Lipinski definition) is 4. The molecule has 1 atom stereocenters. The van der Waals surface area contributed by atoms with Crippen LogP contribution in [0.15, 0.2) is 36.4 Å². The summed E-state index contributed by atoms with van der Waals surface area (Å²) in [5.41, 5.74) is 10.5. The zero-order valence-electron chi connectivity index (χ0n) is 15.0. The third kappa shape index (κ3) is 3.87. The number of ether oxygens (including phenoxy) is 1. The SMILES string of the molecule is CCC1CN(CC(=O)Nc2cc(C)ccc2C)c2ccc(N)cc2O1. The van der Waals surface area contributed by atoms with Gasteiger partial charge in [0.05, 0.1) is 18.8 Å². The van der Waals surface area contributed by atoms with Crippen molar-refractivity contribution in [3.05, 3.63) is 47.5 Å². The van der Waals surface area contributed by atoms with Crippen LogP contribution in [0, 0.1) is 13.8 Å². The van der Waals surface area contributed by atoms with Crippen LogP contribution in [0.25, 0.3) is 0 Å². The maximum Gasteiger partial charge on any atom is 0.243 e. The van der Waals surface area contributed by atoms with Crippen molar-refractivity contribution in [1.29, 1.82) is 0 Å². The summed E-state index contributed by atoms with van der Waals surface area (Å²) >= 11 is 0. The van der Waals surface area contributed by atoms with E-state index in [1.807, 2.05) is 50.2 Å². The molecule has 0 saturated heterocycles. The predicted molar refractivity (Wildman–Crippen MR) is 102 cm³/mol. The molecule has 1 unspecified atom stereocenters. The number of nitrogens with two attached hydrogens (primary N) is 1. The molecular weight excluding hydrogens is 314 g/mol. The molecule has 5 heteroatoms. The van der Waals surface area contributed by atoms with E-state index >= 15 is 0 Å². The fourth-order valence-corrected chi connectivity index (χ4v) is 3.04. The number of nitrogen functional groups attached to an aromatic ring is 1. The maximum absolute atomic E-state index is 12.6. The number of anilines is 3. The van der Waals surface area contributed by atoms with Gasteiger partial charge in [0.15, 0.2) is 0 Å². The number of fused-ring (bicyclic) bond motifs is 1. The number of aryl methyl sites for hydroxylation is 2. The van der Waals surface area contributed by atoms with E-state index in [1.54, 1.807) is 0 Å². The van der Waals surface area contributed by atoms with Crippen LogP contribution >= 0.6 is 0 Å². The van der Waals surface area contributed by atoms with E-state index in [4.69, 9.17) is 10.5 Å². The summed E-state index contributed by atoms with van der Waals surface area (Å²) in [4.78, 5) is 14.7. The Bertz CT molecular complexity index is 789. The minimum absolute atomic E-state index is 0.0340. The number of carbonyl (C=O) groups is 1. The van der Waals surface area contributed by atoms with Crippen molar-refractivity contribution in [2.24, 2.45) is 0 Å². The summed E-state index contributed by atoms with van der Waals surface area (Å²) in [7, 11) is 0. The van der Waals surface area contributed by atoms with E-state index < -0.39 is 0 Å². The Morgan fingerprint density at radius 1 is 1.28 bits per heavy atom. The van der Waals surface area contributed by atoms with Gasteiger partial charge in [0.25, 0.3) is 0 Å². The van der Waals surface area contributed by atoms with Crippen molar-refractivity contribution in [2.45, 2.75) is 33.3 Å². The lowest BCUT2D eigenvalue weighted by molar-refractivity contribution is -0.115. The smallest absolute Gasteiger partial charge is 0.243 e. The third-order valence-corrected chi connectivity index (χ3v) is 4.50. The van der Waals surface area contributed by atoms with E-state index in [0.717, 1.165) is 34.7 Å². The molecule has 132 valence electrons. The van der Waals surface area contributed by atoms with Gasteiger partial charge in [-0.1, -0.05) is 19.1 Å². The van der Waals surface area contributed by atoms with Gasteiger partial charge in [0.1, 0.15) is 11.9 Å². The number of amides is 1. The molecule has 0 radical (unpaired) electrons. The molecule has 0 fully saturated rings. The van der Waals surface area contributed by atoms with Crippen LogP contribution in [-0.2, 0) is 4.79 Å². The number of nitrogens with one attached hydrogen (secondary N) is 1. The van der Waals surface area contributed by atoms with Gasteiger partial charge in [-0.2, -0.15) is 0 Å². The van der Waals surface area contributed by atoms with Crippen LogP contribution in [0.4, 0.5) is 17.1 Å². The highest BCUT2D eigenvalue weighted by atomic mass is 16.5. The topological polar surface area (TPSA) is 67.6 Å². The van der Waals surface area contributed by atoms with Gasteiger partial charge in [-0.15, -0.1) is 0 Å². The Morgan fingerprint density at radius 3 is 2.84 bits per heavy atom. The monoisotopic (exact) mass is 339 g/mol. The normalized spacial score (nSPS) is 16.1. The first-order valence-electron chi connectivity index (χ1n) is 8.64. The average Bonchev–Trinajstić information content (AvgIpc) is 2.57. The fraction of sp³-hybridized carbons (Fsp3) is 0.350. The molecule has 0 saturated carbocycles. The molecule has 0 aliphatic carbocycles. The van der Waals surface area contributed by atoms with Crippen molar-refractivity contribution >= 4 is 23.0 Å². The van der Waals surface area contributed by atoms with Crippen LogP contribution in [0.5, 0.6) is 5.75 Å². The van der Waals surface area contributed by atoms with E-state index in [-0.39, 0.29) is 18.6 Å². The zero-order chi connectivity index (χ0) is 18.0. The number of nitrogens with zero attached hydrogens (tertiary/aromatic N) is 1. The summed E-state index contributed by atoms with van der Waals surface area (Å²) in [5, 5.41) is 3.03. The van der Waals surface area contributed by atoms with Crippen molar-refractivity contribution in [2.75, 3.05) is 29.0 Å². The maximum atomic E-state index is 12.6. The predicted octanol–water partition coefficient (Wildman–Crippen LogP) is 3.50. The van der Waals surface area contributed by atoms with Gasteiger partial charge in [-0.25, -0.2) is 0 Å². The standard InChI is InChI=1S/C20H25N3O2/c1-4-16-11-23(18-8-7-15(21)10-19(18)25-16)12-20(24)22-17-9-13(2)5-6-14(17)3/h5-10,16H,4,11-12,21H2,1-3H3,(H,22,24). The lowest BCUT2D eigenvalue weighted by Crippen LogP contribution is -2.43. The molecule has 3 rings (SSSR count). The number of benzene rings is 2. The van der Waals surface area contributed by atoms with Gasteiger partial charge in [0.2, 0.25) is 5.91 Å². The molecule has 25 heavy (non-hydrogen) atoms. The van der Waals surface area contributed by atoms with Crippen molar-refractivity contribution < 1.29 is 9.53 Å². The van der Waals surface area contributed by atoms with Crippen LogP contribution in [0.3, 0.4) is 0 Å². The molecule has 2 aromatic rings. The van der Waals surface area contributed by atoms with E-state index in [2.05, 4.69) is 17.1 Å². The van der Waals surface area contributed by atoms with Crippen LogP contribution < -0.4 is 20.7 Å². The van der Waals surface area contributed by atoms with Crippen molar-refractivity contribution in [3.63, 3.8) is 0 Å². The summed E-state index contributed by atoms with van der Waals surface area (Å²) in [6.07, 6.45) is 0.936. The second-order valence-corrected chi connectivity index (χ2v) is 6.62. The van der Waals surface area contributed by atoms with E-state index in [1.165, 1.54) is 0 Å². The molecule has 2 aromatic carbocycles. The number of carbonyl (C=O) groups excluding carboxylic acids is 1. The number of rotatable bonds is 4. The fourth-order valence-electron chi connectivity index (χ4n) is 3.04. The summed E-state index contributed by atoms with van der Waals surface area (Å²) < 4.78 is 5.97. The van der Waals surface area contributed by atoms with Gasteiger partial charge in [0, 0.05) is 17.4 Å². The minimum atomic E-state index is -0.0340. The first-order chi connectivity index (χ1) is 12.0. The summed E-state index contributed by atoms with van der Waals surface area (Å²) in [5.74, 6) is 0.714. The summed E-state index contributed by atoms with van der Waals surface area (Å²) in [6.45, 7) is 7.06. The molecule has 3 N–H and O–H groups in total. The Hall–Kier alpha value is -2.69. The molecule has 0 aromatic heterocycles. The van der Waals surface area contributed by atoms with Crippen LogP contribution in [-0.4, -0.2) is 25.1 Å². The number of hydrogen-bond donors (Lipinski definition) is 2. The first-order valence-corrected chi connectivity index (χ1v) is 8.64. The average molecular weight is 339 g/mol. The largest absolute Gasteiger partial charge is 0.486 e. The van der Waals surface area contributed by atoms with Crippen molar-refractivity contribution in [3.8, 4) is 5.75 Å². The highest BCUT2D eigenvalue weighted by Gasteiger charge is 2.26. The van der Waals surface area contributed by atoms with E-state index in [0.29, 0.717) is 12.2 Å². The second-order valence-electron chi connectivity index (χ2n) is 6.62. The molecule has 1 amide bonds. The van der Waals surface area contributed by atoms with Gasteiger partial charge < -0.3 is 20.7 Å². The Kier molecular flexibility index (Phi) is 4.83. The highest BCUT2D eigenvalue weighted by Crippen LogP contribution is 2.35. The highest BCUT2D eigenvalue weighted by molar-refractivity contribution is 5.95. The Labute approximate surface area is 148 Å². The quantitative estimate of drug-likeness (QED) is 0.837. The molecule has 1 heterocycles. The third-order valence-electron chi connectivity index (χ3n) is 4.50. The molecule has 0 bridgehead atoms. The van der Waals surface area contributed by atoms with Gasteiger partial charge in [-0.3, -0.25) is 4.79 Å². The second kappa shape index (κ2) is 7.05. The van der Waals surface area contributed by atoms with Crippen LogP contribution in [0.1, 0.15) is 24.5 Å².